The normalized spacial score (nSPS) is 11.4. The summed E-state index contributed by atoms with van der Waals surface area (Å²) in [7, 11) is -2.57. The second kappa shape index (κ2) is 8.70. The van der Waals surface area contributed by atoms with Gasteiger partial charge < -0.3 is 9.47 Å². The molecule has 2 aromatic rings. The first kappa shape index (κ1) is 21.2. The molecule has 10 heteroatoms. The van der Waals surface area contributed by atoms with Gasteiger partial charge in [-0.25, -0.2) is 4.83 Å². The number of nitro groups is 1. The molecule has 0 aromatic heterocycles. The van der Waals surface area contributed by atoms with Gasteiger partial charge >= 0.3 is 5.69 Å². The third-order valence-electron chi connectivity index (χ3n) is 3.76. The number of nitro benzene ring substituents is 1. The topological polar surface area (TPSA) is 120 Å². The lowest BCUT2D eigenvalue weighted by molar-refractivity contribution is -0.385. The standard InChI is InChI=1S/C18H21N3O6S/c1-5-27-16-10-14(9-15(21(22)23)18(16)26-4)11-19-20-28(24,25)17-7-6-12(2)8-13(17)3/h6-11,20H,5H2,1-4H3/b19-11+. The van der Waals surface area contributed by atoms with Crippen molar-refractivity contribution in [3.63, 3.8) is 0 Å². The summed E-state index contributed by atoms with van der Waals surface area (Å²) in [6, 6.07) is 7.63. The highest BCUT2D eigenvalue weighted by molar-refractivity contribution is 7.89. The number of sulfonamides is 1. The Labute approximate surface area is 163 Å². The predicted molar refractivity (Wildman–Crippen MR) is 105 cm³/mol. The van der Waals surface area contributed by atoms with Gasteiger partial charge in [0.15, 0.2) is 5.75 Å². The first-order chi connectivity index (χ1) is 13.2. The van der Waals surface area contributed by atoms with E-state index in [-0.39, 0.29) is 34.3 Å². The van der Waals surface area contributed by atoms with Gasteiger partial charge in [-0.1, -0.05) is 17.7 Å². The maximum atomic E-state index is 12.4. The maximum absolute atomic E-state index is 12.4. The molecule has 9 nitrogen and oxygen atoms in total. The summed E-state index contributed by atoms with van der Waals surface area (Å²) in [5, 5.41) is 15.0. The molecule has 0 unspecified atom stereocenters. The molecule has 0 atom stereocenters. The van der Waals surface area contributed by atoms with Crippen LogP contribution >= 0.6 is 0 Å². The van der Waals surface area contributed by atoms with E-state index in [0.29, 0.717) is 5.56 Å². The minimum absolute atomic E-state index is 0.0140. The van der Waals surface area contributed by atoms with E-state index in [1.165, 1.54) is 25.3 Å². The molecular formula is C18H21N3O6S. The Bertz CT molecular complexity index is 1020. The van der Waals surface area contributed by atoms with Crippen LogP contribution in [-0.4, -0.2) is 33.3 Å². The molecule has 0 fully saturated rings. The number of ether oxygens (including phenoxy) is 2. The molecule has 0 aliphatic heterocycles. The Morgan fingerprint density at radius 3 is 2.54 bits per heavy atom. The number of hydrogen-bond acceptors (Lipinski definition) is 7. The number of nitrogens with zero attached hydrogens (tertiary/aromatic N) is 2. The zero-order valence-electron chi connectivity index (χ0n) is 15.9. The number of benzene rings is 2. The lowest BCUT2D eigenvalue weighted by atomic mass is 10.2. The summed E-state index contributed by atoms with van der Waals surface area (Å²) in [4.78, 5) is 12.9. The van der Waals surface area contributed by atoms with Crippen LogP contribution < -0.4 is 14.3 Å². The largest absolute Gasteiger partial charge is 0.490 e. The maximum Gasteiger partial charge on any atom is 0.315 e. The van der Waals surface area contributed by atoms with Gasteiger partial charge in [0.25, 0.3) is 10.0 Å². The summed E-state index contributed by atoms with van der Waals surface area (Å²) >= 11 is 0. The third-order valence-corrected chi connectivity index (χ3v) is 5.15. The van der Waals surface area contributed by atoms with Gasteiger partial charge in [-0.15, -0.1) is 0 Å². The Kier molecular flexibility index (Phi) is 6.57. The first-order valence-corrected chi connectivity index (χ1v) is 9.79. The molecular weight excluding hydrogens is 386 g/mol. The van der Waals surface area contributed by atoms with Crippen molar-refractivity contribution in [2.24, 2.45) is 5.10 Å². The minimum Gasteiger partial charge on any atom is -0.490 e. The Morgan fingerprint density at radius 2 is 1.96 bits per heavy atom. The van der Waals surface area contributed by atoms with Crippen molar-refractivity contribution in [2.75, 3.05) is 13.7 Å². The van der Waals surface area contributed by atoms with Gasteiger partial charge in [0.05, 0.1) is 29.8 Å². The molecule has 0 spiro atoms. The highest BCUT2D eigenvalue weighted by Gasteiger charge is 2.21. The van der Waals surface area contributed by atoms with Crippen molar-refractivity contribution < 1.29 is 22.8 Å². The molecule has 2 rings (SSSR count). The average Bonchev–Trinajstić information content (AvgIpc) is 2.61. The number of hydrogen-bond donors (Lipinski definition) is 1. The molecule has 150 valence electrons. The van der Waals surface area contributed by atoms with Crippen molar-refractivity contribution in [3.05, 3.63) is 57.1 Å². The number of aryl methyl sites for hydroxylation is 2. The summed E-state index contributed by atoms with van der Waals surface area (Å²) in [6.45, 7) is 5.55. The third kappa shape index (κ3) is 4.77. The fourth-order valence-corrected chi connectivity index (χ4v) is 3.63. The lowest BCUT2D eigenvalue weighted by Gasteiger charge is -2.10. The van der Waals surface area contributed by atoms with Crippen molar-refractivity contribution in [1.82, 2.24) is 4.83 Å². The molecule has 0 heterocycles. The number of methoxy groups -OCH3 is 1. The molecule has 0 radical (unpaired) electrons. The molecule has 1 N–H and O–H groups in total. The van der Waals surface area contributed by atoms with E-state index in [1.807, 2.05) is 6.92 Å². The van der Waals surface area contributed by atoms with Crippen LogP contribution in [0.4, 0.5) is 5.69 Å². The van der Waals surface area contributed by atoms with Crippen molar-refractivity contribution in [2.45, 2.75) is 25.7 Å². The van der Waals surface area contributed by atoms with E-state index in [4.69, 9.17) is 9.47 Å². The quantitative estimate of drug-likeness (QED) is 0.408. The van der Waals surface area contributed by atoms with Gasteiger partial charge in [0, 0.05) is 11.6 Å². The summed E-state index contributed by atoms with van der Waals surface area (Å²) in [5.74, 6) is 0.151. The second-order valence-electron chi connectivity index (χ2n) is 5.88. The molecule has 28 heavy (non-hydrogen) atoms. The molecule has 0 aliphatic carbocycles. The zero-order chi connectivity index (χ0) is 20.9. The number of hydrazone groups is 1. The van der Waals surface area contributed by atoms with Gasteiger partial charge in [0.2, 0.25) is 5.75 Å². The second-order valence-corrected chi connectivity index (χ2v) is 7.51. The Balaban J connectivity index is 2.34. The van der Waals surface area contributed by atoms with Gasteiger partial charge in [-0.3, -0.25) is 10.1 Å². The SMILES string of the molecule is CCOc1cc(/C=N/NS(=O)(=O)c2ccc(C)cc2C)cc([N+](=O)[O-])c1OC. The van der Waals surface area contributed by atoms with E-state index in [1.54, 1.807) is 26.0 Å². The fraction of sp³-hybridized carbons (Fsp3) is 0.278. The van der Waals surface area contributed by atoms with Crippen molar-refractivity contribution in [3.8, 4) is 11.5 Å². The monoisotopic (exact) mass is 407 g/mol. The molecule has 0 amide bonds. The summed E-state index contributed by atoms with van der Waals surface area (Å²) in [5.41, 5.74) is 1.49. The molecule has 0 saturated heterocycles. The van der Waals surface area contributed by atoms with E-state index in [2.05, 4.69) is 9.93 Å². The minimum atomic E-state index is -3.88. The van der Waals surface area contributed by atoms with Crippen LogP contribution in [0.2, 0.25) is 0 Å². The zero-order valence-corrected chi connectivity index (χ0v) is 16.7. The van der Waals surface area contributed by atoms with Crippen LogP contribution in [0.25, 0.3) is 0 Å². The fourth-order valence-electron chi connectivity index (χ4n) is 2.61. The lowest BCUT2D eigenvalue weighted by Crippen LogP contribution is -2.19. The first-order valence-electron chi connectivity index (χ1n) is 8.31. The van der Waals surface area contributed by atoms with Crippen LogP contribution in [0.15, 0.2) is 40.3 Å². The van der Waals surface area contributed by atoms with Crippen LogP contribution in [-0.2, 0) is 10.0 Å². The van der Waals surface area contributed by atoms with Crippen molar-refractivity contribution >= 4 is 21.9 Å². The van der Waals surface area contributed by atoms with Gasteiger partial charge in [-0.2, -0.15) is 13.5 Å². The van der Waals surface area contributed by atoms with Gasteiger partial charge in [0.1, 0.15) is 0 Å². The highest BCUT2D eigenvalue weighted by Crippen LogP contribution is 2.37. The van der Waals surface area contributed by atoms with E-state index < -0.39 is 14.9 Å². The number of rotatable bonds is 8. The van der Waals surface area contributed by atoms with Crippen molar-refractivity contribution in [1.29, 1.82) is 0 Å². The average molecular weight is 407 g/mol. The van der Waals surface area contributed by atoms with Crippen LogP contribution in [0.3, 0.4) is 0 Å². The highest BCUT2D eigenvalue weighted by atomic mass is 32.2. The summed E-state index contributed by atoms with van der Waals surface area (Å²) < 4.78 is 35.3. The molecule has 0 saturated carbocycles. The number of nitrogens with one attached hydrogen (secondary N) is 1. The Morgan fingerprint density at radius 1 is 1.25 bits per heavy atom. The molecule has 2 aromatic carbocycles. The van der Waals surface area contributed by atoms with E-state index in [9.17, 15) is 18.5 Å². The van der Waals surface area contributed by atoms with Crippen LogP contribution in [0.1, 0.15) is 23.6 Å². The molecule has 0 bridgehead atoms. The summed E-state index contributed by atoms with van der Waals surface area (Å²) in [6.07, 6.45) is 1.16. The van der Waals surface area contributed by atoms with E-state index in [0.717, 1.165) is 11.8 Å². The Hall–Kier alpha value is -3.14. The molecule has 0 aliphatic rings. The van der Waals surface area contributed by atoms with Crippen LogP contribution in [0, 0.1) is 24.0 Å². The van der Waals surface area contributed by atoms with Crippen LogP contribution in [0.5, 0.6) is 11.5 Å². The smallest absolute Gasteiger partial charge is 0.315 e. The van der Waals surface area contributed by atoms with Gasteiger partial charge in [-0.05, 0) is 38.5 Å². The van der Waals surface area contributed by atoms with E-state index >= 15 is 0 Å². The predicted octanol–water partition coefficient (Wildman–Crippen LogP) is 2.93.